The molecule has 4 fully saturated rings. The van der Waals surface area contributed by atoms with Crippen LogP contribution in [0.15, 0.2) is 45.6 Å². The Morgan fingerprint density at radius 3 is 2.05 bits per heavy atom. The second-order valence-corrected chi connectivity index (χ2v) is 26.1. The number of aliphatic hydroxyl groups is 3. The molecule has 436 valence electrons. The van der Waals surface area contributed by atoms with E-state index in [1.54, 1.807) is 0 Å². The molecule has 0 aromatic carbocycles. The fraction of sp³-hybridized carbons (Fsp3) is 0.600. The van der Waals surface area contributed by atoms with E-state index in [2.05, 4.69) is 38.3 Å². The number of sulfonamides is 1. The van der Waals surface area contributed by atoms with Crippen molar-refractivity contribution in [2.45, 2.75) is 85.6 Å². The van der Waals surface area contributed by atoms with E-state index in [0.29, 0.717) is 12.8 Å². The first-order valence-electron chi connectivity index (χ1n) is 22.9. The minimum atomic E-state index is -6.27. The highest BCUT2D eigenvalue weighted by atomic mass is 32.2. The number of imidazole rings is 2. The van der Waals surface area contributed by atoms with Gasteiger partial charge in [0.05, 0.1) is 44.5 Å². The molecule has 0 spiro atoms. The average molecular weight is 1220 g/mol. The molecule has 3 aliphatic heterocycles. The molecule has 9 rings (SSSR count). The lowest BCUT2D eigenvalue weighted by Gasteiger charge is -2.26. The van der Waals surface area contributed by atoms with E-state index in [9.17, 15) is 76.0 Å². The lowest BCUT2D eigenvalue weighted by molar-refractivity contribution is -0.646. The first-order chi connectivity index (χ1) is 37.0. The Morgan fingerprint density at radius 2 is 1.39 bits per heavy atom. The van der Waals surface area contributed by atoms with Gasteiger partial charge >= 0.3 is 42.5 Å². The van der Waals surface area contributed by atoms with Gasteiger partial charge in [-0.25, -0.2) is 55.7 Å². The zero-order valence-electron chi connectivity index (χ0n) is 40.5. The molecule has 0 radical (unpaired) electrons. The van der Waals surface area contributed by atoms with E-state index in [4.69, 9.17) is 48.5 Å². The van der Waals surface area contributed by atoms with Crippen LogP contribution in [0.4, 0.5) is 11.8 Å². The van der Waals surface area contributed by atoms with Crippen molar-refractivity contribution in [1.29, 1.82) is 0 Å². The highest BCUT2D eigenvalue weighted by Crippen LogP contribution is 2.68. The number of nitrogens with one attached hydrogen (secondary N) is 3. The lowest BCUT2D eigenvalue weighted by atomic mass is 9.98. The summed E-state index contributed by atoms with van der Waals surface area (Å²) in [6, 6.07) is 0.917. The van der Waals surface area contributed by atoms with E-state index < -0.39 is 163 Å². The molecule has 14 N–H and O–H groups in total. The zero-order chi connectivity index (χ0) is 57.3. The van der Waals surface area contributed by atoms with Crippen LogP contribution in [-0.4, -0.2) is 174 Å². The molecule has 4 unspecified atom stereocenters. The normalized spacial score (nSPS) is 30.6. The molecule has 79 heavy (non-hydrogen) atoms. The summed E-state index contributed by atoms with van der Waals surface area (Å²) in [6.07, 6.45) is -13.5. The van der Waals surface area contributed by atoms with Crippen molar-refractivity contribution < 1.29 is 112 Å². The molecule has 1 saturated carbocycles. The number of nitrogen functional groups attached to an aromatic ring is 2. The number of aromatic nitrogens is 10. The number of phosphoric ester groups is 3. The number of rotatable bonds is 23. The van der Waals surface area contributed by atoms with Crippen LogP contribution in [0, 0.1) is 5.92 Å². The van der Waals surface area contributed by atoms with Crippen LogP contribution in [-0.2, 0) is 81.0 Å². The fourth-order valence-corrected chi connectivity index (χ4v) is 14.7. The quantitative estimate of drug-likeness (QED) is 0.0216. The SMILES string of the molecule is CO[C@@H]1[C@H](OP(=O)(O)OC[C@H]2O[C@@H](n3ccc(=O)[nH]c3=O)[C@H](O)[C@@H]2O)[C@@H](COP(=O)(O)OP(=O)(O)OP(=O)(O)OC[C@H]2O[C@@H](n3c[n+](C)c4c(=O)[nH]c(N)nc43)[C@H](O)[C@@H]2CNS(=O)(=O)C2CC2)O[C@H]1n1cnc2c(N)ncnc21. The Labute approximate surface area is 440 Å². The molecular formula is C35H50N13O26P4S+. The highest BCUT2D eigenvalue weighted by Gasteiger charge is 2.54. The Kier molecular flexibility index (Phi) is 16.6. The predicted molar refractivity (Wildman–Crippen MR) is 255 cm³/mol. The summed E-state index contributed by atoms with van der Waals surface area (Å²) in [6.45, 7) is -4.00. The van der Waals surface area contributed by atoms with E-state index in [1.807, 2.05) is 4.98 Å². The fourth-order valence-electron chi connectivity index (χ4n) is 8.84. The summed E-state index contributed by atoms with van der Waals surface area (Å²) in [5, 5.41) is 32.1. The van der Waals surface area contributed by atoms with Crippen molar-refractivity contribution in [3.05, 3.63) is 62.4 Å². The summed E-state index contributed by atoms with van der Waals surface area (Å²) in [7, 11) is -25.1. The van der Waals surface area contributed by atoms with Gasteiger partial charge < -0.3 is 65.3 Å². The first kappa shape index (κ1) is 59.0. The number of aromatic amines is 2. The number of nitrogens with two attached hydrogens (primary N) is 2. The summed E-state index contributed by atoms with van der Waals surface area (Å²) < 4.78 is 137. The third-order valence-electron chi connectivity index (χ3n) is 12.6. The Hall–Kier alpha value is -4.67. The van der Waals surface area contributed by atoms with E-state index >= 15 is 0 Å². The average Bonchev–Trinajstić information content (AvgIpc) is 3.70. The number of methoxy groups -OCH3 is 1. The molecule has 44 heteroatoms. The summed E-state index contributed by atoms with van der Waals surface area (Å²) in [4.78, 5) is 99.8. The number of hydrogen-bond donors (Lipinski definition) is 12. The summed E-state index contributed by atoms with van der Waals surface area (Å²) >= 11 is 0. The monoisotopic (exact) mass is 1220 g/mol. The number of aliphatic hydroxyl groups excluding tert-OH is 3. The maximum Gasteiger partial charge on any atom is 0.490 e. The van der Waals surface area contributed by atoms with Gasteiger partial charge in [-0.2, -0.15) is 18.2 Å². The molecule has 4 aliphatic rings. The molecule has 8 heterocycles. The van der Waals surface area contributed by atoms with Crippen LogP contribution in [0.5, 0.6) is 0 Å². The number of hydrogen-bond acceptors (Lipinski definition) is 28. The number of ether oxygens (including phenoxy) is 4. The van der Waals surface area contributed by atoms with E-state index in [1.165, 1.54) is 27.1 Å². The van der Waals surface area contributed by atoms with Crippen molar-refractivity contribution in [1.82, 2.24) is 48.3 Å². The molecular weight excluding hydrogens is 1170 g/mol. The van der Waals surface area contributed by atoms with Crippen molar-refractivity contribution in [2.24, 2.45) is 13.0 Å². The number of fused-ring (bicyclic) bond motifs is 2. The number of H-pyrrole nitrogens is 2. The summed E-state index contributed by atoms with van der Waals surface area (Å²) in [5.74, 6) is -1.75. The van der Waals surface area contributed by atoms with Gasteiger partial charge in [-0.05, 0) is 12.8 Å². The molecule has 1 aliphatic carbocycles. The van der Waals surface area contributed by atoms with Gasteiger partial charge in [-0.1, -0.05) is 0 Å². The van der Waals surface area contributed by atoms with Gasteiger partial charge in [0.2, 0.25) is 28.5 Å². The standard InChI is InChI=1S/C35H49N13O26P4S/c1-45-13-48(29-21(45)30(53)44-34(37)43-29)31-22(50)15(7-41-79(63,64)14-3-4-14)16(69-31)8-67-76(57,58)73-78(61,62)74-77(59,60)68-10-18-25(26(65-2)33(71-18)47-12-40-20-27(36)38-11-39-28(20)47)72-75(55,56)66-9-17-23(51)24(52)32(70-17)46-6-5-19(49)42-35(46)54/h5-6,11-18,22-26,31-33,41,50-52H,3-4,7-10H2,1-2H3,(H9-,36,37,38,39,42,43,44,49,53,54,55,56,57,58,59,60,61,62)/p+1/t15-,16-,17-,18-,22-,23-,24-,25-,26-,31-,32-,33-/m1/s1. The number of phosphoric acid groups is 4. The third kappa shape index (κ3) is 12.7. The topological polar surface area (TPSA) is 553 Å². The van der Waals surface area contributed by atoms with Crippen molar-refractivity contribution >= 4 is 75.4 Å². The first-order valence-corrected chi connectivity index (χ1v) is 30.4. The lowest BCUT2D eigenvalue weighted by Crippen LogP contribution is -2.40. The van der Waals surface area contributed by atoms with Gasteiger partial charge in [0, 0.05) is 31.8 Å². The molecule has 5 aromatic rings. The molecule has 0 bridgehead atoms. The van der Waals surface area contributed by atoms with Gasteiger partial charge in [0.25, 0.3) is 16.7 Å². The molecule has 39 nitrogen and oxygen atoms in total. The van der Waals surface area contributed by atoms with Crippen LogP contribution in [0.2, 0.25) is 0 Å². The van der Waals surface area contributed by atoms with Gasteiger partial charge in [0.15, 0.2) is 23.9 Å². The Balaban J connectivity index is 0.877. The van der Waals surface area contributed by atoms with Crippen LogP contribution in [0.3, 0.4) is 0 Å². The van der Waals surface area contributed by atoms with Crippen LogP contribution < -0.4 is 37.6 Å². The minimum absolute atomic E-state index is 0.0100. The molecule has 16 atom stereocenters. The van der Waals surface area contributed by atoms with Gasteiger partial charge in [-0.15, -0.1) is 0 Å². The maximum atomic E-state index is 13.6. The van der Waals surface area contributed by atoms with Gasteiger partial charge in [-0.3, -0.25) is 46.8 Å². The second kappa shape index (κ2) is 22.2. The van der Waals surface area contributed by atoms with Crippen molar-refractivity contribution in [2.75, 3.05) is 44.9 Å². The Morgan fingerprint density at radius 1 is 0.772 bits per heavy atom. The highest BCUT2D eigenvalue weighted by molar-refractivity contribution is 7.90. The number of nitrogens with zero attached hydrogens (tertiary/aromatic N) is 8. The van der Waals surface area contributed by atoms with E-state index in [0.717, 1.165) is 36.6 Å². The predicted octanol–water partition coefficient (Wildman–Crippen LogP) is -4.54. The van der Waals surface area contributed by atoms with Gasteiger partial charge in [0.1, 0.15) is 54.6 Å². The maximum absolute atomic E-state index is 13.6. The van der Waals surface area contributed by atoms with Crippen molar-refractivity contribution in [3.63, 3.8) is 0 Å². The van der Waals surface area contributed by atoms with Crippen LogP contribution in [0.25, 0.3) is 22.3 Å². The second-order valence-electron chi connectivity index (χ2n) is 18.0. The smallest absolute Gasteiger partial charge is 0.387 e. The minimum Gasteiger partial charge on any atom is -0.387 e. The molecule has 0 amide bonds. The number of aryl methyl sites for hydroxylation is 1. The van der Waals surface area contributed by atoms with Crippen LogP contribution in [0.1, 0.15) is 31.5 Å². The third-order valence-corrected chi connectivity index (χ3v) is 19.8. The van der Waals surface area contributed by atoms with Crippen LogP contribution >= 0.6 is 31.3 Å². The van der Waals surface area contributed by atoms with E-state index in [-0.39, 0.29) is 34.1 Å². The molecule has 3 saturated heterocycles. The number of anilines is 2. The summed E-state index contributed by atoms with van der Waals surface area (Å²) in [5.41, 5.74) is 9.04. The zero-order valence-corrected chi connectivity index (χ0v) is 44.8. The largest absolute Gasteiger partial charge is 0.490 e. The molecule has 5 aromatic heterocycles. The van der Waals surface area contributed by atoms with Crippen molar-refractivity contribution in [3.8, 4) is 0 Å². The Bertz CT molecular complexity index is 3620.